The Hall–Kier alpha value is -3.49. The minimum Gasteiger partial charge on any atom is -0.491 e. The van der Waals surface area contributed by atoms with Crippen LogP contribution in [0.4, 0.5) is 0 Å². The summed E-state index contributed by atoms with van der Waals surface area (Å²) >= 11 is 7.85. The predicted octanol–water partition coefficient (Wildman–Crippen LogP) is 5.91. The first kappa shape index (κ1) is 28.1. The van der Waals surface area contributed by atoms with E-state index in [-0.39, 0.29) is 0 Å². The Kier molecular flexibility index (Phi) is 8.10. The van der Waals surface area contributed by atoms with Crippen LogP contribution in [0.5, 0.6) is 5.75 Å². The van der Waals surface area contributed by atoms with Gasteiger partial charge in [0.2, 0.25) is 0 Å². The lowest BCUT2D eigenvalue weighted by Crippen LogP contribution is -2.39. The molecule has 8 nitrogen and oxygen atoms in total. The molecule has 0 amide bonds. The summed E-state index contributed by atoms with van der Waals surface area (Å²) in [5.74, 6) is 3.17. The lowest BCUT2D eigenvalue weighted by Gasteiger charge is -2.37. The van der Waals surface area contributed by atoms with Crippen molar-refractivity contribution < 1.29 is 19.1 Å². The third-order valence-corrected chi connectivity index (χ3v) is 8.67. The number of aromatic nitrogens is 1. The largest absolute Gasteiger partial charge is 0.491 e. The number of pyridine rings is 1. The number of carbonyl (C=O) groups excluding carboxylic acids is 2. The van der Waals surface area contributed by atoms with Crippen molar-refractivity contribution in [3.8, 4) is 16.9 Å². The van der Waals surface area contributed by atoms with E-state index in [1.54, 1.807) is 11.4 Å². The quantitative estimate of drug-likeness (QED) is 0.254. The van der Waals surface area contributed by atoms with Gasteiger partial charge in [-0.3, -0.25) is 4.98 Å². The number of rotatable bonds is 7. The number of halogens is 1. The zero-order chi connectivity index (χ0) is 28.6. The Morgan fingerprint density at radius 3 is 2.77 bits per heavy atom. The topological polar surface area (TPSA) is 84.3 Å². The smallest absolute Gasteiger partial charge is 0.340 e. The van der Waals surface area contributed by atoms with E-state index in [2.05, 4.69) is 29.9 Å². The summed E-state index contributed by atoms with van der Waals surface area (Å²) in [5, 5.41) is 2.32. The van der Waals surface area contributed by atoms with Crippen LogP contribution in [0.2, 0.25) is 5.02 Å². The van der Waals surface area contributed by atoms with Gasteiger partial charge < -0.3 is 19.3 Å². The molecular weight excluding hydrogens is 548 g/mol. The number of nitrogens with zero attached hydrogens (tertiary/aromatic N) is 4. The molecule has 1 aliphatic heterocycles. The van der Waals surface area contributed by atoms with Crippen molar-refractivity contribution in [2.24, 2.45) is 4.99 Å². The summed E-state index contributed by atoms with van der Waals surface area (Å²) in [4.78, 5) is 38.1. The van der Waals surface area contributed by atoms with Gasteiger partial charge in [-0.1, -0.05) is 11.6 Å². The molecule has 2 aromatic heterocycles. The van der Waals surface area contributed by atoms with Gasteiger partial charge in [0.05, 0.1) is 29.4 Å². The highest BCUT2D eigenvalue weighted by Crippen LogP contribution is 2.41. The van der Waals surface area contributed by atoms with Crippen LogP contribution in [0.1, 0.15) is 42.2 Å². The van der Waals surface area contributed by atoms with Crippen molar-refractivity contribution in [3.63, 3.8) is 0 Å². The molecule has 0 N–H and O–H groups in total. The van der Waals surface area contributed by atoms with E-state index in [0.29, 0.717) is 46.7 Å². The van der Waals surface area contributed by atoms with Crippen molar-refractivity contribution in [2.75, 3.05) is 34.4 Å². The molecule has 1 atom stereocenters. The summed E-state index contributed by atoms with van der Waals surface area (Å²) in [6, 6.07) is 7.80. The van der Waals surface area contributed by atoms with Gasteiger partial charge in [0, 0.05) is 44.5 Å². The minimum atomic E-state index is -0.427. The van der Waals surface area contributed by atoms with Crippen LogP contribution in [0.25, 0.3) is 21.3 Å². The summed E-state index contributed by atoms with van der Waals surface area (Å²) in [6.45, 7) is 4.53. The highest BCUT2D eigenvalue weighted by Gasteiger charge is 2.32. The SMILES string of the molecule is COC(=O)c1csc2c(-c3cc(Cl)ccc3OCCN3C(=C=O)C4=C(CCC(N(C)C)C4)N=C3C)cc(C)nc12. The number of hydrogen-bond donors (Lipinski definition) is 0. The van der Waals surface area contributed by atoms with Gasteiger partial charge in [-0.05, 0) is 71.5 Å². The number of benzene rings is 1. The second-order valence-corrected chi connectivity index (χ2v) is 11.5. The van der Waals surface area contributed by atoms with E-state index in [0.717, 1.165) is 57.9 Å². The van der Waals surface area contributed by atoms with E-state index in [1.807, 2.05) is 36.9 Å². The fourth-order valence-corrected chi connectivity index (χ4v) is 6.53. The number of amidine groups is 1. The molecule has 40 heavy (non-hydrogen) atoms. The number of methoxy groups -OCH3 is 1. The molecule has 3 heterocycles. The zero-order valence-corrected chi connectivity index (χ0v) is 24.8. The van der Waals surface area contributed by atoms with Crippen LogP contribution in [-0.4, -0.2) is 72.9 Å². The normalized spacial score (nSPS) is 17.2. The van der Waals surface area contributed by atoms with Crippen molar-refractivity contribution in [1.82, 2.24) is 14.8 Å². The Balaban J connectivity index is 1.41. The van der Waals surface area contributed by atoms with Crippen LogP contribution in [0, 0.1) is 6.92 Å². The Bertz CT molecular complexity index is 1600. The number of thiophene rings is 1. The predicted molar refractivity (Wildman–Crippen MR) is 159 cm³/mol. The third-order valence-electron chi connectivity index (χ3n) is 7.43. The molecule has 0 radical (unpaired) electrons. The number of hydrogen-bond acceptors (Lipinski definition) is 9. The van der Waals surface area contributed by atoms with E-state index in [9.17, 15) is 9.59 Å². The molecule has 2 aliphatic rings. The Labute approximate surface area is 242 Å². The molecular formula is C30H31ClN4O4S. The first-order valence-corrected chi connectivity index (χ1v) is 14.3. The number of fused-ring (bicyclic) bond motifs is 1. The molecule has 5 rings (SSSR count). The maximum atomic E-state index is 12.3. The molecule has 3 aromatic rings. The maximum Gasteiger partial charge on any atom is 0.340 e. The molecule has 0 saturated heterocycles. The van der Waals surface area contributed by atoms with Gasteiger partial charge in [0.25, 0.3) is 0 Å². The van der Waals surface area contributed by atoms with Crippen molar-refractivity contribution in [1.29, 1.82) is 0 Å². The number of aliphatic imine (C=N–C) groups is 1. The van der Waals surface area contributed by atoms with Gasteiger partial charge in [0.15, 0.2) is 5.94 Å². The van der Waals surface area contributed by atoms with E-state index < -0.39 is 5.97 Å². The van der Waals surface area contributed by atoms with Crippen LogP contribution < -0.4 is 4.74 Å². The number of esters is 1. The molecule has 10 heteroatoms. The summed E-state index contributed by atoms with van der Waals surface area (Å²) in [7, 11) is 5.49. The number of allylic oxidation sites excluding steroid dienone is 2. The fraction of sp³-hybridized carbons (Fsp3) is 0.367. The van der Waals surface area contributed by atoms with Crippen LogP contribution in [-0.2, 0) is 9.53 Å². The van der Waals surface area contributed by atoms with Gasteiger partial charge in [-0.2, -0.15) is 0 Å². The number of aryl methyl sites for hydroxylation is 1. The monoisotopic (exact) mass is 578 g/mol. The van der Waals surface area contributed by atoms with Crippen molar-refractivity contribution >= 4 is 50.9 Å². The van der Waals surface area contributed by atoms with Crippen molar-refractivity contribution in [2.45, 2.75) is 39.2 Å². The molecule has 1 aromatic carbocycles. The molecule has 1 aliphatic carbocycles. The molecule has 208 valence electrons. The van der Waals surface area contributed by atoms with E-state index in [4.69, 9.17) is 26.1 Å². The highest BCUT2D eigenvalue weighted by atomic mass is 35.5. The Morgan fingerprint density at radius 1 is 1.25 bits per heavy atom. The average Bonchev–Trinajstić information content (AvgIpc) is 3.36. The molecule has 0 spiro atoms. The molecule has 0 bridgehead atoms. The second-order valence-electron chi connectivity index (χ2n) is 10.2. The molecule has 0 fully saturated rings. The average molecular weight is 579 g/mol. The maximum absolute atomic E-state index is 12.3. The van der Waals surface area contributed by atoms with Crippen LogP contribution in [0.15, 0.2) is 51.6 Å². The van der Waals surface area contributed by atoms with Crippen LogP contribution in [0.3, 0.4) is 0 Å². The van der Waals surface area contributed by atoms with Gasteiger partial charge in [0.1, 0.15) is 23.9 Å². The lowest BCUT2D eigenvalue weighted by molar-refractivity contribution is 0.0603. The van der Waals surface area contributed by atoms with Crippen molar-refractivity contribution in [3.05, 3.63) is 62.9 Å². The second kappa shape index (κ2) is 11.6. The first-order valence-electron chi connectivity index (χ1n) is 13.1. The number of ether oxygens (including phenoxy) is 2. The zero-order valence-electron chi connectivity index (χ0n) is 23.2. The Morgan fingerprint density at radius 2 is 2.05 bits per heavy atom. The summed E-state index contributed by atoms with van der Waals surface area (Å²) < 4.78 is 12.1. The lowest BCUT2D eigenvalue weighted by atomic mass is 9.88. The third kappa shape index (κ3) is 5.30. The fourth-order valence-electron chi connectivity index (χ4n) is 5.36. The van der Waals surface area contributed by atoms with E-state index >= 15 is 0 Å². The standard InChI is InChI=1S/C30H31ClN4O4S/c1-17-12-22(29-28(32-17)24(16-40-29)30(37)38-5)21-13-19(31)6-9-27(21)39-11-10-35-18(2)33-25-8-7-20(34(3)4)14-23(25)26(35)15-36/h6,9,12-13,16,20H,7-8,10-11,14H2,1-5H3. The first-order chi connectivity index (χ1) is 19.2. The minimum absolute atomic E-state index is 0.303. The summed E-state index contributed by atoms with van der Waals surface area (Å²) in [5.41, 5.74) is 5.96. The number of carbonyl (C=O) groups is 1. The van der Waals surface area contributed by atoms with Gasteiger partial charge in [-0.15, -0.1) is 11.3 Å². The van der Waals surface area contributed by atoms with E-state index in [1.165, 1.54) is 18.4 Å². The van der Waals surface area contributed by atoms with Gasteiger partial charge >= 0.3 is 5.97 Å². The summed E-state index contributed by atoms with van der Waals surface area (Å²) in [6.07, 6.45) is 2.64. The molecule has 0 saturated carbocycles. The highest BCUT2D eigenvalue weighted by molar-refractivity contribution is 7.18. The molecule has 1 unspecified atom stereocenters. The van der Waals surface area contributed by atoms with Gasteiger partial charge in [-0.25, -0.2) is 14.6 Å². The van der Waals surface area contributed by atoms with Crippen LogP contribution >= 0.6 is 22.9 Å².